The first-order chi connectivity index (χ1) is 7.49. The van der Waals surface area contributed by atoms with Gasteiger partial charge in [0.25, 0.3) is 0 Å². The lowest BCUT2D eigenvalue weighted by atomic mass is 9.77. The fraction of sp³-hybridized carbons (Fsp3) is 0.833. The average molecular weight is 227 g/mol. The predicted molar refractivity (Wildman–Crippen MR) is 61.1 cm³/mol. The third-order valence-corrected chi connectivity index (χ3v) is 3.28. The van der Waals surface area contributed by atoms with E-state index in [4.69, 9.17) is 4.74 Å². The third kappa shape index (κ3) is 3.30. The van der Waals surface area contributed by atoms with Gasteiger partial charge in [0.05, 0.1) is 18.6 Å². The zero-order valence-electron chi connectivity index (χ0n) is 10.3. The molecule has 0 aromatic heterocycles. The maximum absolute atomic E-state index is 11.6. The normalized spacial score (nSPS) is 18.0. The monoisotopic (exact) mass is 227 g/mol. The maximum Gasteiger partial charge on any atom is 0.223 e. The van der Waals surface area contributed by atoms with Crippen LogP contribution in [0.2, 0.25) is 0 Å². The number of hydrogen-bond donors (Lipinski definition) is 1. The molecular formula is C12H21NO3. The topological polar surface area (TPSA) is 55.4 Å². The summed E-state index contributed by atoms with van der Waals surface area (Å²) in [5, 5.41) is 2.65. The number of ketones is 1. The first-order valence-electron chi connectivity index (χ1n) is 5.84. The average Bonchev–Trinajstić information content (AvgIpc) is 2.19. The van der Waals surface area contributed by atoms with E-state index >= 15 is 0 Å². The van der Waals surface area contributed by atoms with Crippen molar-refractivity contribution in [3.63, 3.8) is 0 Å². The van der Waals surface area contributed by atoms with Crippen molar-refractivity contribution in [3.05, 3.63) is 0 Å². The summed E-state index contributed by atoms with van der Waals surface area (Å²) in [6, 6.07) is 0. The fourth-order valence-corrected chi connectivity index (χ4v) is 1.77. The van der Waals surface area contributed by atoms with Crippen LogP contribution >= 0.6 is 0 Å². The number of carbonyl (C=O) groups excluding carboxylic acids is 2. The first-order valence-corrected chi connectivity index (χ1v) is 5.84. The molecule has 1 fully saturated rings. The Bertz CT molecular complexity index is 264. The molecule has 92 valence electrons. The van der Waals surface area contributed by atoms with Gasteiger partial charge in [0, 0.05) is 13.0 Å². The van der Waals surface area contributed by atoms with Crippen molar-refractivity contribution in [2.75, 3.05) is 13.7 Å². The lowest BCUT2D eigenvalue weighted by Gasteiger charge is -2.39. The molecule has 4 heteroatoms. The second-order valence-corrected chi connectivity index (χ2v) is 4.82. The molecule has 0 heterocycles. The molecule has 0 spiro atoms. The Morgan fingerprint density at radius 1 is 1.38 bits per heavy atom. The number of Topliss-reactive ketones (excluding diaryl/α,β-unsaturated/α-hetero) is 1. The summed E-state index contributed by atoms with van der Waals surface area (Å²) in [7, 11) is 1.64. The van der Waals surface area contributed by atoms with Crippen molar-refractivity contribution >= 4 is 11.7 Å². The minimum absolute atomic E-state index is 0.0274. The zero-order chi connectivity index (χ0) is 12.2. The van der Waals surface area contributed by atoms with Crippen LogP contribution in [-0.2, 0) is 14.3 Å². The predicted octanol–water partition coefficient (Wildman–Crippen LogP) is 1.29. The summed E-state index contributed by atoms with van der Waals surface area (Å²) in [6.07, 6.45) is 3.37. The number of methoxy groups -OCH3 is 1. The van der Waals surface area contributed by atoms with Crippen LogP contribution < -0.4 is 5.32 Å². The van der Waals surface area contributed by atoms with Crippen molar-refractivity contribution in [2.24, 2.45) is 5.92 Å². The maximum atomic E-state index is 11.6. The van der Waals surface area contributed by atoms with Gasteiger partial charge in [-0.3, -0.25) is 9.59 Å². The van der Waals surface area contributed by atoms with E-state index in [2.05, 4.69) is 5.32 Å². The minimum Gasteiger partial charge on any atom is -0.378 e. The van der Waals surface area contributed by atoms with Crippen molar-refractivity contribution in [1.29, 1.82) is 0 Å². The molecular weight excluding hydrogens is 206 g/mol. The zero-order valence-corrected chi connectivity index (χ0v) is 10.3. The Labute approximate surface area is 96.7 Å². The molecule has 1 aliphatic rings. The molecule has 1 saturated carbocycles. The van der Waals surface area contributed by atoms with Crippen LogP contribution in [0.3, 0.4) is 0 Å². The molecule has 1 amide bonds. The van der Waals surface area contributed by atoms with E-state index in [0.717, 1.165) is 19.3 Å². The number of amides is 1. The standard InChI is InChI=1S/C12H21NO3/c1-9(2)10(14)8-13-11(15)7-12(16-3)5-4-6-12/h9H,4-8H2,1-3H3,(H,13,15). The highest BCUT2D eigenvalue weighted by Crippen LogP contribution is 2.37. The van der Waals surface area contributed by atoms with Gasteiger partial charge in [-0.15, -0.1) is 0 Å². The third-order valence-electron chi connectivity index (χ3n) is 3.28. The van der Waals surface area contributed by atoms with E-state index < -0.39 is 0 Å². The summed E-state index contributed by atoms with van der Waals surface area (Å²) >= 11 is 0. The Hall–Kier alpha value is -0.900. The van der Waals surface area contributed by atoms with Gasteiger partial charge in [-0.05, 0) is 19.3 Å². The van der Waals surface area contributed by atoms with E-state index in [1.54, 1.807) is 7.11 Å². The largest absolute Gasteiger partial charge is 0.378 e. The van der Waals surface area contributed by atoms with Gasteiger partial charge in [-0.2, -0.15) is 0 Å². The molecule has 1 N–H and O–H groups in total. The van der Waals surface area contributed by atoms with E-state index in [0.29, 0.717) is 6.42 Å². The van der Waals surface area contributed by atoms with Gasteiger partial charge < -0.3 is 10.1 Å². The van der Waals surface area contributed by atoms with Crippen LogP contribution in [0.4, 0.5) is 0 Å². The Kier molecular flexibility index (Phi) is 4.47. The van der Waals surface area contributed by atoms with Crippen molar-refractivity contribution in [3.8, 4) is 0 Å². The van der Waals surface area contributed by atoms with E-state index in [-0.39, 0.29) is 29.8 Å². The number of nitrogens with one attached hydrogen (secondary N) is 1. The summed E-state index contributed by atoms with van der Waals surface area (Å²) in [5.41, 5.74) is -0.259. The molecule has 0 aromatic carbocycles. The van der Waals surface area contributed by atoms with E-state index in [1.165, 1.54) is 0 Å². The molecule has 1 aliphatic carbocycles. The Morgan fingerprint density at radius 3 is 2.38 bits per heavy atom. The van der Waals surface area contributed by atoms with Crippen molar-refractivity contribution in [2.45, 2.75) is 45.1 Å². The van der Waals surface area contributed by atoms with Crippen LogP contribution in [0.25, 0.3) is 0 Å². The van der Waals surface area contributed by atoms with Crippen LogP contribution in [-0.4, -0.2) is 30.9 Å². The van der Waals surface area contributed by atoms with Crippen molar-refractivity contribution < 1.29 is 14.3 Å². The number of carbonyl (C=O) groups is 2. The number of rotatable bonds is 6. The second kappa shape index (κ2) is 5.43. The Balaban J connectivity index is 2.28. The molecule has 16 heavy (non-hydrogen) atoms. The summed E-state index contributed by atoms with van der Waals surface area (Å²) in [6.45, 7) is 3.80. The van der Waals surface area contributed by atoms with Crippen LogP contribution in [0, 0.1) is 5.92 Å². The fourth-order valence-electron chi connectivity index (χ4n) is 1.77. The molecule has 0 unspecified atom stereocenters. The minimum atomic E-state index is -0.259. The lowest BCUT2D eigenvalue weighted by molar-refractivity contribution is -0.136. The summed E-state index contributed by atoms with van der Waals surface area (Å²) in [5.74, 6) is -0.0515. The molecule has 0 aliphatic heterocycles. The lowest BCUT2D eigenvalue weighted by Crippen LogP contribution is -2.44. The Morgan fingerprint density at radius 2 is 2.00 bits per heavy atom. The van der Waals surface area contributed by atoms with Crippen LogP contribution in [0.1, 0.15) is 39.5 Å². The van der Waals surface area contributed by atoms with E-state index in [9.17, 15) is 9.59 Å². The smallest absolute Gasteiger partial charge is 0.223 e. The highest BCUT2D eigenvalue weighted by atomic mass is 16.5. The molecule has 0 saturated heterocycles. The van der Waals surface area contributed by atoms with Gasteiger partial charge in [0.15, 0.2) is 5.78 Å². The quantitative estimate of drug-likeness (QED) is 0.744. The summed E-state index contributed by atoms with van der Waals surface area (Å²) in [4.78, 5) is 22.9. The molecule has 0 aromatic rings. The second-order valence-electron chi connectivity index (χ2n) is 4.82. The van der Waals surface area contributed by atoms with Gasteiger partial charge in [0.2, 0.25) is 5.91 Å². The molecule has 1 rings (SSSR count). The number of ether oxygens (including phenoxy) is 1. The van der Waals surface area contributed by atoms with Crippen LogP contribution in [0.5, 0.6) is 0 Å². The van der Waals surface area contributed by atoms with Crippen molar-refractivity contribution in [1.82, 2.24) is 5.32 Å². The van der Waals surface area contributed by atoms with Gasteiger partial charge in [-0.25, -0.2) is 0 Å². The highest BCUT2D eigenvalue weighted by Gasteiger charge is 2.38. The van der Waals surface area contributed by atoms with Gasteiger partial charge in [-0.1, -0.05) is 13.8 Å². The van der Waals surface area contributed by atoms with Gasteiger partial charge in [0.1, 0.15) is 0 Å². The molecule has 0 radical (unpaired) electrons. The van der Waals surface area contributed by atoms with Gasteiger partial charge >= 0.3 is 0 Å². The van der Waals surface area contributed by atoms with E-state index in [1.807, 2.05) is 13.8 Å². The first kappa shape index (κ1) is 13.2. The molecule has 0 bridgehead atoms. The number of hydrogen-bond acceptors (Lipinski definition) is 3. The summed E-state index contributed by atoms with van der Waals surface area (Å²) < 4.78 is 5.35. The van der Waals surface area contributed by atoms with Crippen LogP contribution in [0.15, 0.2) is 0 Å². The SMILES string of the molecule is COC1(CC(=O)NCC(=O)C(C)C)CCC1. The molecule has 0 atom stereocenters. The molecule has 4 nitrogen and oxygen atoms in total. The highest BCUT2D eigenvalue weighted by molar-refractivity contribution is 5.87.